The Morgan fingerprint density at radius 2 is 2.14 bits per heavy atom. The van der Waals surface area contributed by atoms with Crippen LogP contribution in [0.1, 0.15) is 23.0 Å². The van der Waals surface area contributed by atoms with Gasteiger partial charge in [0.15, 0.2) is 0 Å². The highest BCUT2D eigenvalue weighted by molar-refractivity contribution is 5.93. The van der Waals surface area contributed by atoms with Gasteiger partial charge in [-0.05, 0) is 32.1 Å². The lowest BCUT2D eigenvalue weighted by atomic mass is 10.1. The Balaban J connectivity index is 2.00. The fraction of sp³-hybridized carbons (Fsp3) is 0.375. The van der Waals surface area contributed by atoms with Crippen LogP contribution in [0.25, 0.3) is 11.3 Å². The number of H-pyrrole nitrogens is 1. The molecule has 0 aliphatic heterocycles. The van der Waals surface area contributed by atoms with Crippen LogP contribution in [-0.2, 0) is 0 Å². The number of rotatable bonds is 6. The predicted octanol–water partition coefficient (Wildman–Crippen LogP) is 2.07. The van der Waals surface area contributed by atoms with Crippen molar-refractivity contribution in [3.63, 3.8) is 0 Å². The van der Waals surface area contributed by atoms with Gasteiger partial charge in [0.2, 0.25) is 0 Å². The molecule has 1 amide bonds. The first-order chi connectivity index (χ1) is 10.1. The summed E-state index contributed by atoms with van der Waals surface area (Å²) in [6.07, 6.45) is 0. The van der Waals surface area contributed by atoms with Crippen molar-refractivity contribution >= 4 is 5.91 Å². The van der Waals surface area contributed by atoms with Gasteiger partial charge in [0.05, 0.1) is 5.69 Å². The van der Waals surface area contributed by atoms with Gasteiger partial charge in [0.25, 0.3) is 5.91 Å². The van der Waals surface area contributed by atoms with Gasteiger partial charge in [-0.2, -0.15) is 5.10 Å². The summed E-state index contributed by atoms with van der Waals surface area (Å²) in [6.45, 7) is 6.55. The third-order valence-electron chi connectivity index (χ3n) is 3.56. The molecule has 0 saturated carbocycles. The lowest BCUT2D eigenvalue weighted by Crippen LogP contribution is -2.33. The highest BCUT2D eigenvalue weighted by atomic mass is 16.1. The third-order valence-corrected chi connectivity index (χ3v) is 3.56. The molecule has 0 saturated heterocycles. The van der Waals surface area contributed by atoms with E-state index in [4.69, 9.17) is 0 Å². The van der Waals surface area contributed by atoms with Crippen molar-refractivity contribution in [2.24, 2.45) is 0 Å². The quantitative estimate of drug-likeness (QED) is 0.854. The predicted molar refractivity (Wildman–Crippen MR) is 84.3 cm³/mol. The first-order valence-corrected chi connectivity index (χ1v) is 7.20. The molecule has 0 atom stereocenters. The molecule has 1 heterocycles. The summed E-state index contributed by atoms with van der Waals surface area (Å²) in [4.78, 5) is 14.2. The number of likely N-dealkylation sites (N-methyl/N-ethyl adjacent to an activating group) is 1. The fourth-order valence-corrected chi connectivity index (χ4v) is 2.05. The first kappa shape index (κ1) is 15.3. The number of hydrogen-bond acceptors (Lipinski definition) is 3. The van der Waals surface area contributed by atoms with Crippen LogP contribution in [0.3, 0.4) is 0 Å². The normalized spacial score (nSPS) is 10.9. The van der Waals surface area contributed by atoms with Crippen LogP contribution < -0.4 is 5.32 Å². The lowest BCUT2D eigenvalue weighted by molar-refractivity contribution is 0.0945. The maximum atomic E-state index is 12.0. The van der Waals surface area contributed by atoms with Crippen molar-refractivity contribution in [2.75, 3.05) is 26.7 Å². The van der Waals surface area contributed by atoms with Crippen molar-refractivity contribution in [1.82, 2.24) is 20.4 Å². The molecule has 0 spiro atoms. The topological polar surface area (TPSA) is 61.0 Å². The molecule has 5 nitrogen and oxygen atoms in total. The molecule has 0 fully saturated rings. The maximum absolute atomic E-state index is 12.0. The number of aromatic nitrogens is 2. The van der Waals surface area contributed by atoms with Gasteiger partial charge in [-0.3, -0.25) is 9.89 Å². The van der Waals surface area contributed by atoms with Crippen LogP contribution in [0.5, 0.6) is 0 Å². The lowest BCUT2D eigenvalue weighted by Gasteiger charge is -2.13. The summed E-state index contributed by atoms with van der Waals surface area (Å²) >= 11 is 0. The Morgan fingerprint density at radius 1 is 1.38 bits per heavy atom. The molecule has 112 valence electrons. The van der Waals surface area contributed by atoms with Crippen LogP contribution in [-0.4, -0.2) is 47.7 Å². The number of aryl methyl sites for hydroxylation is 1. The van der Waals surface area contributed by atoms with E-state index in [1.54, 1.807) is 6.07 Å². The van der Waals surface area contributed by atoms with Gasteiger partial charge in [-0.25, -0.2) is 0 Å². The van der Waals surface area contributed by atoms with Crippen molar-refractivity contribution in [1.29, 1.82) is 0 Å². The number of nitrogens with one attached hydrogen (secondary N) is 2. The van der Waals surface area contributed by atoms with Crippen molar-refractivity contribution in [3.05, 3.63) is 41.6 Å². The van der Waals surface area contributed by atoms with E-state index >= 15 is 0 Å². The smallest absolute Gasteiger partial charge is 0.269 e. The summed E-state index contributed by atoms with van der Waals surface area (Å²) < 4.78 is 0. The Bertz CT molecular complexity index is 606. The van der Waals surface area contributed by atoms with Gasteiger partial charge in [-0.1, -0.05) is 31.2 Å². The molecule has 2 N–H and O–H groups in total. The average molecular weight is 286 g/mol. The van der Waals surface area contributed by atoms with E-state index in [1.165, 1.54) is 0 Å². The van der Waals surface area contributed by atoms with Crippen molar-refractivity contribution < 1.29 is 4.79 Å². The molecule has 2 aromatic rings. The van der Waals surface area contributed by atoms with E-state index in [0.29, 0.717) is 12.2 Å². The Morgan fingerprint density at radius 3 is 2.86 bits per heavy atom. The number of carbonyl (C=O) groups excluding carboxylic acids is 1. The number of aromatic amines is 1. The molecular formula is C16H22N4O. The van der Waals surface area contributed by atoms with Gasteiger partial charge in [-0.15, -0.1) is 0 Å². The highest BCUT2D eigenvalue weighted by Gasteiger charge is 2.11. The van der Waals surface area contributed by atoms with Crippen LogP contribution in [0.4, 0.5) is 0 Å². The Hall–Kier alpha value is -2.14. The second-order valence-corrected chi connectivity index (χ2v) is 5.13. The summed E-state index contributed by atoms with van der Waals surface area (Å²) in [5.74, 6) is -0.119. The van der Waals surface area contributed by atoms with Crippen molar-refractivity contribution in [2.45, 2.75) is 13.8 Å². The maximum Gasteiger partial charge on any atom is 0.269 e. The zero-order chi connectivity index (χ0) is 15.2. The minimum Gasteiger partial charge on any atom is -0.349 e. The van der Waals surface area contributed by atoms with Crippen LogP contribution in [0, 0.1) is 6.92 Å². The summed E-state index contributed by atoms with van der Waals surface area (Å²) in [5.41, 5.74) is 3.47. The van der Waals surface area contributed by atoms with E-state index < -0.39 is 0 Å². The molecule has 1 aromatic heterocycles. The molecule has 1 aromatic carbocycles. The Labute approximate surface area is 125 Å². The SMILES string of the molecule is CCN(C)CCNC(=O)c1cc(-c2ccccc2C)n[nH]1. The molecule has 21 heavy (non-hydrogen) atoms. The molecule has 0 bridgehead atoms. The molecule has 0 unspecified atom stereocenters. The number of hydrogen-bond donors (Lipinski definition) is 2. The van der Waals surface area contributed by atoms with E-state index in [-0.39, 0.29) is 5.91 Å². The molecule has 0 aliphatic rings. The van der Waals surface area contributed by atoms with Crippen LogP contribution >= 0.6 is 0 Å². The Kier molecular flexibility index (Phi) is 5.11. The summed E-state index contributed by atoms with van der Waals surface area (Å²) in [7, 11) is 2.03. The molecule has 2 rings (SSSR count). The van der Waals surface area contributed by atoms with Gasteiger partial charge in [0, 0.05) is 18.7 Å². The zero-order valence-electron chi connectivity index (χ0n) is 12.8. The van der Waals surface area contributed by atoms with E-state index in [9.17, 15) is 4.79 Å². The van der Waals surface area contributed by atoms with E-state index in [1.807, 2.05) is 38.2 Å². The van der Waals surface area contributed by atoms with E-state index in [2.05, 4.69) is 27.3 Å². The standard InChI is InChI=1S/C16H22N4O/c1-4-20(3)10-9-17-16(21)15-11-14(18-19-15)13-8-6-5-7-12(13)2/h5-8,11H,4,9-10H2,1-3H3,(H,17,21)(H,18,19). The monoisotopic (exact) mass is 286 g/mol. The first-order valence-electron chi connectivity index (χ1n) is 7.20. The van der Waals surface area contributed by atoms with Gasteiger partial charge >= 0.3 is 0 Å². The van der Waals surface area contributed by atoms with Gasteiger partial charge < -0.3 is 10.2 Å². The summed E-state index contributed by atoms with van der Waals surface area (Å²) in [6, 6.07) is 9.79. The second kappa shape index (κ2) is 7.04. The number of nitrogens with zero attached hydrogens (tertiary/aromatic N) is 2. The van der Waals surface area contributed by atoms with Crippen molar-refractivity contribution in [3.8, 4) is 11.3 Å². The highest BCUT2D eigenvalue weighted by Crippen LogP contribution is 2.21. The summed E-state index contributed by atoms with van der Waals surface area (Å²) in [5, 5.41) is 9.93. The van der Waals surface area contributed by atoms with Crippen LogP contribution in [0.15, 0.2) is 30.3 Å². The molecule has 0 radical (unpaired) electrons. The number of carbonyl (C=O) groups is 1. The second-order valence-electron chi connectivity index (χ2n) is 5.13. The van der Waals surface area contributed by atoms with Gasteiger partial charge in [0.1, 0.15) is 5.69 Å². The number of benzene rings is 1. The van der Waals surface area contributed by atoms with E-state index in [0.717, 1.165) is 29.9 Å². The average Bonchev–Trinajstić information content (AvgIpc) is 2.97. The largest absolute Gasteiger partial charge is 0.349 e. The molecular weight excluding hydrogens is 264 g/mol. The fourth-order valence-electron chi connectivity index (χ4n) is 2.05. The minimum absolute atomic E-state index is 0.119. The third kappa shape index (κ3) is 3.92. The zero-order valence-corrected chi connectivity index (χ0v) is 12.8. The molecule has 0 aliphatic carbocycles. The van der Waals surface area contributed by atoms with Crippen LogP contribution in [0.2, 0.25) is 0 Å². The number of amides is 1. The molecule has 5 heteroatoms. The minimum atomic E-state index is -0.119.